The van der Waals surface area contributed by atoms with Crippen molar-refractivity contribution < 1.29 is 0 Å². The van der Waals surface area contributed by atoms with Crippen molar-refractivity contribution in [1.29, 1.82) is 10.8 Å². The molecule has 1 aliphatic carbocycles. The third kappa shape index (κ3) is 5.30. The van der Waals surface area contributed by atoms with Gasteiger partial charge in [0.25, 0.3) is 0 Å². The molecule has 7 rings (SSSR count). The van der Waals surface area contributed by atoms with Crippen molar-refractivity contribution in [2.45, 2.75) is 47.3 Å². The van der Waals surface area contributed by atoms with Crippen molar-refractivity contribution in [2.75, 3.05) is 0 Å². The van der Waals surface area contributed by atoms with Gasteiger partial charge in [0, 0.05) is 15.2 Å². The molecule has 0 saturated heterocycles. The van der Waals surface area contributed by atoms with E-state index in [9.17, 15) is 0 Å². The lowest BCUT2D eigenvalue weighted by Gasteiger charge is -2.43. The van der Waals surface area contributed by atoms with E-state index in [0.717, 1.165) is 22.3 Å². The van der Waals surface area contributed by atoms with Crippen LogP contribution in [-0.2, 0) is 5.41 Å². The monoisotopic (exact) mass is 574 g/mol. The number of rotatable bonds is 6. The molecule has 0 bridgehead atoms. The van der Waals surface area contributed by atoms with Crippen LogP contribution in [0.2, 0.25) is 0 Å². The van der Waals surface area contributed by atoms with Gasteiger partial charge in [0.05, 0.1) is 11.4 Å². The van der Waals surface area contributed by atoms with Crippen molar-refractivity contribution in [3.05, 3.63) is 156 Å². The topological polar surface area (TPSA) is 47.7 Å². The van der Waals surface area contributed by atoms with Crippen molar-refractivity contribution in [1.82, 2.24) is 0 Å². The van der Waals surface area contributed by atoms with Gasteiger partial charge in [-0.2, -0.15) is 0 Å². The molecule has 5 aromatic rings. The summed E-state index contributed by atoms with van der Waals surface area (Å²) in [6.07, 6.45) is 9.76. The molecule has 2 aliphatic rings. The van der Waals surface area contributed by atoms with E-state index in [-0.39, 0.29) is 5.41 Å². The molecular weight excluding hydrogens is 541 g/mol. The molecule has 210 valence electrons. The fraction of sp³-hybridized carbons (Fsp3) is 0.150. The Balaban J connectivity index is 1.19. The summed E-state index contributed by atoms with van der Waals surface area (Å²) in [5.74, 6) is 0. The van der Waals surface area contributed by atoms with E-state index in [1.165, 1.54) is 64.1 Å². The van der Waals surface area contributed by atoms with Gasteiger partial charge >= 0.3 is 0 Å². The Bertz CT molecular complexity index is 1860. The molecule has 1 aliphatic heterocycles. The van der Waals surface area contributed by atoms with Crippen LogP contribution in [0.1, 0.15) is 54.4 Å². The third-order valence-corrected chi connectivity index (χ3v) is 10.2. The lowest BCUT2D eigenvalue weighted by molar-refractivity contribution is 0.335. The zero-order valence-electron chi connectivity index (χ0n) is 24.1. The lowest BCUT2D eigenvalue weighted by Crippen LogP contribution is -2.33. The van der Waals surface area contributed by atoms with Gasteiger partial charge in [-0.3, -0.25) is 0 Å². The van der Waals surface area contributed by atoms with E-state index in [1.54, 1.807) is 12.2 Å². The fourth-order valence-corrected chi connectivity index (χ4v) is 8.06. The average Bonchev–Trinajstić information content (AvgIpc) is 3.08. The van der Waals surface area contributed by atoms with Crippen LogP contribution in [0, 0.1) is 10.8 Å². The van der Waals surface area contributed by atoms with Gasteiger partial charge in [0.15, 0.2) is 0 Å². The summed E-state index contributed by atoms with van der Waals surface area (Å²) in [6, 6.07) is 42.8. The second-order valence-corrected chi connectivity index (χ2v) is 12.7. The average molecular weight is 575 g/mol. The highest BCUT2D eigenvalue weighted by atomic mass is 32.2. The van der Waals surface area contributed by atoms with Crippen LogP contribution in [0.5, 0.6) is 0 Å². The third-order valence-electron chi connectivity index (χ3n) is 9.03. The van der Waals surface area contributed by atoms with E-state index in [4.69, 9.17) is 10.8 Å². The highest BCUT2D eigenvalue weighted by Gasteiger charge is 2.41. The highest BCUT2D eigenvalue weighted by molar-refractivity contribution is 7.99. The Morgan fingerprint density at radius 1 is 0.512 bits per heavy atom. The summed E-state index contributed by atoms with van der Waals surface area (Å²) >= 11 is 1.92. The molecule has 43 heavy (non-hydrogen) atoms. The summed E-state index contributed by atoms with van der Waals surface area (Å²) in [5.41, 5.74) is 10.3. The number of nitrogens with one attached hydrogen (secondary N) is 2. The lowest BCUT2D eigenvalue weighted by atomic mass is 9.64. The maximum Gasteiger partial charge on any atom is 0.0613 e. The Kier molecular flexibility index (Phi) is 7.42. The Morgan fingerprint density at radius 2 is 1.09 bits per heavy atom. The fourth-order valence-electron chi connectivity index (χ4n) is 6.80. The molecule has 2 nitrogen and oxygen atoms in total. The Morgan fingerprint density at radius 3 is 1.86 bits per heavy atom. The van der Waals surface area contributed by atoms with Gasteiger partial charge in [-0.15, -0.1) is 0 Å². The minimum Gasteiger partial charge on any atom is -0.300 e. The summed E-state index contributed by atoms with van der Waals surface area (Å²) < 4.78 is 0. The maximum atomic E-state index is 8.67. The highest BCUT2D eigenvalue weighted by Crippen LogP contribution is 2.55. The van der Waals surface area contributed by atoms with Gasteiger partial charge in [0.2, 0.25) is 0 Å². The number of hydrogen-bond donors (Lipinski definition) is 2. The standard InChI is InChI=1S/C40H34N2S/c41-36(28-11-3-1-4-12-28)20-21-37(42)33-16-10-15-31(26-33)29-13-9-14-30(25-29)32-19-22-39-35(27-32)40(23-7-2-8-24-40)34-17-5-6-18-38(34)43-39/h1,3-6,9-22,25-27,41-42H,2,7-8,23-24H2/b21-20-,41-36?,42-37?. The van der Waals surface area contributed by atoms with Crippen LogP contribution in [0.3, 0.4) is 0 Å². The number of allylic oxidation sites excluding steroid dienone is 2. The predicted molar refractivity (Wildman–Crippen MR) is 181 cm³/mol. The smallest absolute Gasteiger partial charge is 0.0613 e. The van der Waals surface area contributed by atoms with Crippen LogP contribution in [0.15, 0.2) is 143 Å². The van der Waals surface area contributed by atoms with Crippen LogP contribution in [0.25, 0.3) is 22.3 Å². The molecule has 3 heteroatoms. The van der Waals surface area contributed by atoms with Crippen LogP contribution < -0.4 is 0 Å². The van der Waals surface area contributed by atoms with E-state index in [2.05, 4.69) is 78.9 Å². The molecular formula is C40H34N2S. The Hall–Kier alpha value is -4.47. The summed E-state index contributed by atoms with van der Waals surface area (Å²) in [4.78, 5) is 2.82. The SMILES string of the molecule is N=C(/C=C\C(=N)c1cccc(-c2cccc(-c3ccc4c(c3)C3(CCCCC3)c3ccccc3S4)c2)c1)c1ccccc1. The van der Waals surface area contributed by atoms with Crippen LogP contribution in [-0.4, -0.2) is 11.4 Å². The molecule has 0 radical (unpaired) electrons. The maximum absolute atomic E-state index is 8.67. The molecule has 1 fully saturated rings. The van der Waals surface area contributed by atoms with Crippen molar-refractivity contribution >= 4 is 23.2 Å². The van der Waals surface area contributed by atoms with Gasteiger partial charge in [-0.1, -0.05) is 122 Å². The minimum absolute atomic E-state index is 0.113. The van der Waals surface area contributed by atoms with E-state index in [1.807, 2.05) is 54.2 Å². The molecule has 1 saturated carbocycles. The zero-order valence-corrected chi connectivity index (χ0v) is 25.0. The van der Waals surface area contributed by atoms with Crippen molar-refractivity contribution in [3.8, 4) is 22.3 Å². The van der Waals surface area contributed by atoms with Gasteiger partial charge in [-0.25, -0.2) is 0 Å². The first kappa shape index (κ1) is 27.4. The predicted octanol–water partition coefficient (Wildman–Crippen LogP) is 10.7. The quantitative estimate of drug-likeness (QED) is 0.195. The zero-order chi connectivity index (χ0) is 29.2. The largest absolute Gasteiger partial charge is 0.300 e. The molecule has 1 spiro atoms. The molecule has 5 aromatic carbocycles. The van der Waals surface area contributed by atoms with Gasteiger partial charge in [0.1, 0.15) is 0 Å². The van der Waals surface area contributed by atoms with E-state index in [0.29, 0.717) is 11.4 Å². The molecule has 0 atom stereocenters. The number of fused-ring (bicyclic) bond motifs is 4. The van der Waals surface area contributed by atoms with Gasteiger partial charge in [-0.05, 0) is 99.8 Å². The van der Waals surface area contributed by atoms with Gasteiger partial charge < -0.3 is 10.8 Å². The van der Waals surface area contributed by atoms with E-state index < -0.39 is 0 Å². The molecule has 0 amide bonds. The van der Waals surface area contributed by atoms with Crippen molar-refractivity contribution in [2.24, 2.45) is 0 Å². The minimum atomic E-state index is 0.113. The van der Waals surface area contributed by atoms with Crippen molar-refractivity contribution in [3.63, 3.8) is 0 Å². The number of hydrogen-bond acceptors (Lipinski definition) is 3. The summed E-state index contributed by atoms with van der Waals surface area (Å²) in [5, 5.41) is 17.0. The Labute approximate surface area is 258 Å². The van der Waals surface area contributed by atoms with E-state index >= 15 is 0 Å². The first-order valence-electron chi connectivity index (χ1n) is 15.1. The summed E-state index contributed by atoms with van der Waals surface area (Å²) in [7, 11) is 0. The summed E-state index contributed by atoms with van der Waals surface area (Å²) in [6.45, 7) is 0. The second kappa shape index (κ2) is 11.7. The molecule has 2 N–H and O–H groups in total. The normalized spacial score (nSPS) is 15.2. The molecule has 0 unspecified atom stereocenters. The molecule has 0 aromatic heterocycles. The first-order valence-corrected chi connectivity index (χ1v) is 16.0. The van der Waals surface area contributed by atoms with Crippen LogP contribution in [0.4, 0.5) is 0 Å². The second-order valence-electron chi connectivity index (χ2n) is 11.6. The molecule has 1 heterocycles. The van der Waals surface area contributed by atoms with Crippen LogP contribution >= 0.6 is 11.8 Å². The first-order chi connectivity index (χ1) is 21.1. The number of benzene rings is 5.